The van der Waals surface area contributed by atoms with Gasteiger partial charge in [0.15, 0.2) is 0 Å². The zero-order valence-electron chi connectivity index (χ0n) is 41.5. The fraction of sp³-hybridized carbons (Fsp3) is 1.00. The lowest BCUT2D eigenvalue weighted by Gasteiger charge is -2.72. The van der Waals surface area contributed by atoms with Crippen molar-refractivity contribution < 1.29 is 0 Å². The fourth-order valence-electron chi connectivity index (χ4n) is 21.4. The predicted molar refractivity (Wildman–Crippen MR) is 268 cm³/mol. The van der Waals surface area contributed by atoms with Crippen molar-refractivity contribution in [3.8, 4) is 0 Å². The number of fused-ring (bicyclic) bond motifs is 2. The lowest BCUT2D eigenvalue weighted by Crippen LogP contribution is -2.93. The lowest BCUT2D eigenvalue weighted by molar-refractivity contribution is 0.640. The fourth-order valence-corrected chi connectivity index (χ4v) is 822. The molecular weight excluding hydrogens is 789 g/mol. The van der Waals surface area contributed by atoms with Crippen LogP contribution < -0.4 is 0 Å². The molecule has 51 heavy (non-hydrogen) atoms. The summed E-state index contributed by atoms with van der Waals surface area (Å²) in [5, 5.41) is 3.80. The highest BCUT2D eigenvalue weighted by atomic mass is 30.7. The zero-order valence-corrected chi connectivity index (χ0v) is 52.5. The van der Waals surface area contributed by atoms with Gasteiger partial charge in [0.05, 0.1) is 14.2 Å². The van der Waals surface area contributed by atoms with E-state index < -0.39 is 76.9 Å². The monoisotopic (exact) mass is 884 g/mol. The molecule has 0 aromatic carbocycles. The Kier molecular flexibility index (Phi) is 10.6. The van der Waals surface area contributed by atoms with E-state index in [1.807, 2.05) is 0 Å². The van der Waals surface area contributed by atoms with Crippen LogP contribution in [0.2, 0.25) is 92.7 Å². The van der Waals surface area contributed by atoms with Crippen LogP contribution in [0.3, 0.4) is 0 Å². The molecule has 3 heterocycles. The van der Waals surface area contributed by atoms with Gasteiger partial charge in [-0.1, -0.05) is 219 Å². The number of rotatable bonds is 0. The molecule has 3 aliphatic rings. The van der Waals surface area contributed by atoms with E-state index in [1.165, 1.54) is 0 Å². The quantitative estimate of drug-likeness (QED) is 0.213. The van der Waals surface area contributed by atoms with E-state index in [4.69, 9.17) is 0 Å². The van der Waals surface area contributed by atoms with Gasteiger partial charge < -0.3 is 0 Å². The predicted octanol–water partition coefficient (Wildman–Crippen LogP) is 14.5. The zero-order chi connectivity index (χ0) is 41.7. The van der Waals surface area contributed by atoms with Gasteiger partial charge in [0.2, 0.25) is 0 Å². The SMILES string of the molecule is CC(C)(C)[Si]1(C(C)(C)C)[Si]2=[Si]([Si](C(C)(C)C)(C(C)(C)C)[Si](C)(C)[Si]1(C)C)[Si]21[Si](C(C)(C)C)(C(C)(C)C)[Si](C)(C)[Si](C)(C)[Si]1(C(C)(C)C)C(C)(C)C. The molecule has 0 unspecified atom stereocenters. The van der Waals surface area contributed by atoms with E-state index in [0.717, 1.165) is 0 Å². The molecule has 0 saturated carbocycles. The van der Waals surface area contributed by atoms with Crippen molar-refractivity contribution in [1.29, 1.82) is 0 Å². The third-order valence-corrected chi connectivity index (χ3v) is 350. The summed E-state index contributed by atoms with van der Waals surface area (Å²) in [6, 6.07) is 0. The van der Waals surface area contributed by atoms with Gasteiger partial charge >= 0.3 is 0 Å². The summed E-state index contributed by atoms with van der Waals surface area (Å²) in [5.74, 6) is 0. The highest BCUT2D eigenvalue weighted by Gasteiger charge is 3.03. The Hall–Kier alpha value is 2.39. The molecule has 0 amide bonds. The van der Waals surface area contributed by atoms with Gasteiger partial charge in [0.25, 0.3) is 0 Å². The average molecular weight is 886 g/mol. The Morgan fingerprint density at radius 1 is 0.235 bits per heavy atom. The van der Waals surface area contributed by atoms with Gasteiger partial charge in [-0.05, 0) is 54.2 Å². The molecule has 0 bridgehead atoms. The topological polar surface area (TPSA) is 0 Å². The van der Waals surface area contributed by atoms with Gasteiger partial charge in [-0.2, -0.15) is 0 Å². The highest BCUT2D eigenvalue weighted by molar-refractivity contribution is 8.47. The summed E-state index contributed by atoms with van der Waals surface area (Å²) in [5.41, 5.74) is 0. The molecule has 0 aromatic rings. The molecule has 1 spiro atoms. The minimum absolute atomic E-state index is 0.471. The Morgan fingerprint density at radius 3 is 0.510 bits per heavy atom. The largest absolute Gasteiger partial charge is 0.0735 e. The molecule has 0 aromatic heterocycles. The van der Waals surface area contributed by atoms with E-state index in [0.29, 0.717) is 40.3 Å². The molecule has 1 fully saturated rings. The molecule has 1 saturated heterocycles. The Balaban J connectivity index is 3.31. The molecule has 0 radical (unpaired) electrons. The summed E-state index contributed by atoms with van der Waals surface area (Å²) in [4.78, 5) is 0. The van der Waals surface area contributed by atoms with Crippen LogP contribution in [0.4, 0.5) is 0 Å². The minimum Gasteiger partial charge on any atom is -0.0735 e. The van der Waals surface area contributed by atoms with E-state index in [2.05, 4.69) is 219 Å². The second-order valence-corrected chi connectivity index (χ2v) is 159. The van der Waals surface area contributed by atoms with Crippen LogP contribution in [0, 0.1) is 0 Å². The van der Waals surface area contributed by atoms with Crippen molar-refractivity contribution in [1.82, 2.24) is 0 Å². The summed E-state index contributed by atoms with van der Waals surface area (Å²) in [6.45, 7) is 95.2. The summed E-state index contributed by atoms with van der Waals surface area (Å²) >= 11 is 0. The van der Waals surface area contributed by atoms with Crippen LogP contribution in [0.25, 0.3) is 0 Å². The molecule has 300 valence electrons. The molecule has 3 aliphatic heterocycles. The maximum Gasteiger partial charge on any atom is 0.0576 e. The maximum absolute atomic E-state index is 3.21. The van der Waals surface area contributed by atoms with Crippen molar-refractivity contribution >= 4 is 76.9 Å². The Morgan fingerprint density at radius 2 is 0.392 bits per heavy atom. The van der Waals surface area contributed by atoms with Crippen LogP contribution >= 0.6 is 0 Å². The van der Waals surface area contributed by atoms with E-state index in [9.17, 15) is 0 Å². The van der Waals surface area contributed by atoms with E-state index in [1.54, 1.807) is 0 Å². The molecule has 11 heteroatoms. The van der Waals surface area contributed by atoms with Crippen molar-refractivity contribution in [2.24, 2.45) is 0 Å². The summed E-state index contributed by atoms with van der Waals surface area (Å²) < 4.78 is 0. The van der Waals surface area contributed by atoms with Crippen molar-refractivity contribution in [3.05, 3.63) is 0 Å². The smallest absolute Gasteiger partial charge is 0.0576 e. The second-order valence-electron chi connectivity index (χ2n) is 29.0. The van der Waals surface area contributed by atoms with E-state index in [-0.39, 0.29) is 0 Å². The van der Waals surface area contributed by atoms with Gasteiger partial charge in [-0.25, -0.2) is 0 Å². The van der Waals surface area contributed by atoms with Crippen molar-refractivity contribution in [2.75, 3.05) is 0 Å². The minimum atomic E-state index is -2.01. The summed E-state index contributed by atoms with van der Waals surface area (Å²) in [6.07, 6.45) is -1.95. The van der Waals surface area contributed by atoms with Crippen molar-refractivity contribution in [2.45, 2.75) is 259 Å². The second kappa shape index (κ2) is 11.4. The summed E-state index contributed by atoms with van der Waals surface area (Å²) in [7, 11) is -14.9. The lowest BCUT2D eigenvalue weighted by atomic mass is 10.2. The molecular formula is C40H96Si11. The molecule has 0 N–H and O–H groups in total. The number of hydrogen-bond acceptors (Lipinski definition) is 0. The Labute approximate surface area is 333 Å². The van der Waals surface area contributed by atoms with Crippen molar-refractivity contribution in [3.63, 3.8) is 0 Å². The van der Waals surface area contributed by atoms with Crippen LogP contribution in [0.15, 0.2) is 0 Å². The van der Waals surface area contributed by atoms with Gasteiger partial charge in [-0.3, -0.25) is 0 Å². The number of hydrogen-bond donors (Lipinski definition) is 0. The maximum atomic E-state index is 3.21. The highest BCUT2D eigenvalue weighted by Crippen LogP contribution is 2.82. The van der Waals surface area contributed by atoms with Crippen LogP contribution in [0.5, 0.6) is 0 Å². The van der Waals surface area contributed by atoms with Gasteiger partial charge in [-0.15, -0.1) is 0 Å². The molecule has 0 atom stereocenters. The first-order valence-electron chi connectivity index (χ1n) is 21.2. The first-order valence-corrected chi connectivity index (χ1v) is 59.2. The Bertz CT molecular complexity index is 1300. The average Bonchev–Trinajstić information content (AvgIpc) is 3.29. The van der Waals surface area contributed by atoms with E-state index >= 15 is 0 Å². The third kappa shape index (κ3) is 4.48. The first kappa shape index (κ1) is 47.8. The van der Waals surface area contributed by atoms with Gasteiger partial charge in [0.1, 0.15) is 0 Å². The molecule has 0 aliphatic carbocycles. The molecule has 3 rings (SSSR count). The first-order chi connectivity index (χ1) is 21.5. The van der Waals surface area contributed by atoms with Crippen LogP contribution in [-0.2, 0) is 0 Å². The standard InChI is InChI=1S/C40H96Si11/c1-33(2,3)47(34(4,5)6)41-42(48(35(7,8)9,36(10,11)12)44(27,28)43(47,25)26)51(41)49(37(13,14)15,38(16,17)18)45(29,30)46(31,32)50(51,39(19,20)21)40(22,23)24/h1-32H3. The molecule has 0 nitrogen and oxygen atoms in total. The normalized spacial score (nSPS) is 27.8. The van der Waals surface area contributed by atoms with Crippen LogP contribution in [-0.4, -0.2) is 76.9 Å². The van der Waals surface area contributed by atoms with Crippen LogP contribution in [0.1, 0.15) is 166 Å². The van der Waals surface area contributed by atoms with Gasteiger partial charge in [0, 0.05) is 48.8 Å². The third-order valence-electron chi connectivity index (χ3n) is 18.7.